The summed E-state index contributed by atoms with van der Waals surface area (Å²) in [5.74, 6) is 0. The molecule has 1 aromatic rings. The van der Waals surface area contributed by atoms with Crippen LogP contribution in [0.1, 0.15) is 44.9 Å². The van der Waals surface area contributed by atoms with E-state index in [0.717, 1.165) is 19.3 Å². The van der Waals surface area contributed by atoms with Crippen molar-refractivity contribution in [1.29, 1.82) is 0 Å². The van der Waals surface area contributed by atoms with Crippen molar-refractivity contribution < 1.29 is 14.4 Å². The highest BCUT2D eigenvalue weighted by molar-refractivity contribution is 5.59. The molecular weight excluding hydrogens is 250 g/mol. The molecule has 1 aliphatic carbocycles. The molecule has 106 valence electrons. The van der Waals surface area contributed by atoms with Gasteiger partial charge in [-0.05, 0) is 42.7 Å². The maximum absolute atomic E-state index is 11.9. The highest BCUT2D eigenvalue weighted by Crippen LogP contribution is 2.14. The van der Waals surface area contributed by atoms with Gasteiger partial charge in [-0.15, -0.1) is 5.10 Å². The largest absolute Gasteiger partial charge is 0.535 e. The van der Waals surface area contributed by atoms with Crippen LogP contribution in [0, 0.1) is 0 Å². The fraction of sp³-hybridized carbons (Fsp3) is 0.667. The summed E-state index contributed by atoms with van der Waals surface area (Å²) in [5, 5.41) is 7.42. The Labute approximate surface area is 111 Å². The first-order valence-corrected chi connectivity index (χ1v) is 6.55. The zero-order chi connectivity index (χ0) is 14.3. The van der Waals surface area contributed by atoms with E-state index in [-0.39, 0.29) is 6.61 Å². The molecule has 1 aromatic heterocycles. The number of fused-ring (bicyclic) bond motifs is 1. The van der Waals surface area contributed by atoms with Gasteiger partial charge in [-0.1, -0.05) is 13.8 Å². The molecule has 0 bridgehead atoms. The summed E-state index contributed by atoms with van der Waals surface area (Å²) in [6.07, 6.45) is 2.38. The van der Waals surface area contributed by atoms with Crippen LogP contribution in [-0.4, -0.2) is 27.9 Å². The maximum atomic E-state index is 11.9. The lowest BCUT2D eigenvalue weighted by molar-refractivity contribution is 0.0321. The molecule has 1 heterocycles. The molecule has 1 aliphatic rings. The van der Waals surface area contributed by atoms with Gasteiger partial charge in [0, 0.05) is 5.56 Å². The number of nitrogens with zero attached hydrogens (tertiary/aromatic N) is 3. The van der Waals surface area contributed by atoms with Crippen LogP contribution >= 0.6 is 0 Å². The zero-order valence-electron chi connectivity index (χ0n) is 11.5. The predicted molar refractivity (Wildman–Crippen MR) is 67.9 cm³/mol. The molecule has 7 heteroatoms. The van der Waals surface area contributed by atoms with Crippen LogP contribution in [0.5, 0.6) is 0 Å². The summed E-state index contributed by atoms with van der Waals surface area (Å²) in [4.78, 5) is 28.1. The van der Waals surface area contributed by atoms with Gasteiger partial charge >= 0.3 is 11.7 Å². The van der Waals surface area contributed by atoms with Crippen LogP contribution < -0.4 is 10.4 Å². The number of aromatic nitrogens is 3. The monoisotopic (exact) mass is 269 g/mol. The molecular formula is C12H19N3O4. The summed E-state index contributed by atoms with van der Waals surface area (Å²) in [6.45, 7) is 5.81. The van der Waals surface area contributed by atoms with Crippen molar-refractivity contribution in [2.45, 2.75) is 46.5 Å². The minimum Gasteiger partial charge on any atom is -0.433 e. The number of ether oxygens (including phenoxy) is 1. The molecule has 0 N–H and O–H groups in total. The second-order valence-corrected chi connectivity index (χ2v) is 3.67. The third kappa shape index (κ3) is 3.77. The van der Waals surface area contributed by atoms with Crippen molar-refractivity contribution in [1.82, 2.24) is 15.2 Å². The molecule has 2 rings (SSSR count). The Morgan fingerprint density at radius 2 is 2.00 bits per heavy atom. The summed E-state index contributed by atoms with van der Waals surface area (Å²) in [5.41, 5.74) is 0.850. The van der Waals surface area contributed by atoms with Gasteiger partial charge in [0.1, 0.15) is 0 Å². The summed E-state index contributed by atoms with van der Waals surface area (Å²) in [6, 6.07) is 0. The number of hydrogen-bond acceptors (Lipinski definition) is 6. The van der Waals surface area contributed by atoms with E-state index in [0.29, 0.717) is 22.5 Å². The van der Waals surface area contributed by atoms with Crippen LogP contribution in [0.15, 0.2) is 4.79 Å². The lowest BCUT2D eigenvalue weighted by Gasteiger charge is -2.13. The molecule has 19 heavy (non-hydrogen) atoms. The third-order valence-corrected chi connectivity index (χ3v) is 2.54. The summed E-state index contributed by atoms with van der Waals surface area (Å²) in [7, 11) is 0. The SMILES string of the molecule is CC.CCOC(=O)On1nnc2c(c1=O)CCCC2. The van der Waals surface area contributed by atoms with E-state index in [1.807, 2.05) is 13.8 Å². The molecule has 0 aromatic carbocycles. The topological polar surface area (TPSA) is 83.3 Å². The third-order valence-electron chi connectivity index (χ3n) is 2.54. The Morgan fingerprint density at radius 1 is 1.32 bits per heavy atom. The molecule has 0 fully saturated rings. The summed E-state index contributed by atoms with van der Waals surface area (Å²) >= 11 is 0. The van der Waals surface area contributed by atoms with E-state index < -0.39 is 11.7 Å². The van der Waals surface area contributed by atoms with Crippen molar-refractivity contribution in [3.05, 3.63) is 21.6 Å². The number of carbonyl (C=O) groups excluding carboxylic acids is 1. The molecule has 0 spiro atoms. The minimum atomic E-state index is -0.959. The van der Waals surface area contributed by atoms with Crippen LogP contribution in [0.25, 0.3) is 0 Å². The molecule has 0 unspecified atom stereocenters. The average molecular weight is 269 g/mol. The van der Waals surface area contributed by atoms with E-state index in [1.54, 1.807) is 6.92 Å². The number of hydrogen-bond donors (Lipinski definition) is 0. The maximum Gasteiger partial charge on any atom is 0.535 e. The Hall–Kier alpha value is -1.92. The number of carbonyl (C=O) groups is 1. The zero-order valence-corrected chi connectivity index (χ0v) is 11.5. The van der Waals surface area contributed by atoms with Gasteiger partial charge < -0.3 is 4.74 Å². The Morgan fingerprint density at radius 3 is 2.68 bits per heavy atom. The van der Waals surface area contributed by atoms with Crippen molar-refractivity contribution in [3.63, 3.8) is 0 Å². The fourth-order valence-electron chi connectivity index (χ4n) is 1.76. The van der Waals surface area contributed by atoms with Gasteiger partial charge in [0.05, 0.1) is 12.3 Å². The molecule has 7 nitrogen and oxygen atoms in total. The molecule has 0 radical (unpaired) electrons. The fourth-order valence-corrected chi connectivity index (χ4v) is 1.76. The van der Waals surface area contributed by atoms with E-state index in [4.69, 9.17) is 0 Å². The second kappa shape index (κ2) is 7.50. The molecule has 0 saturated heterocycles. The Balaban J connectivity index is 0.000000861. The van der Waals surface area contributed by atoms with Gasteiger partial charge in [0.25, 0.3) is 0 Å². The second-order valence-electron chi connectivity index (χ2n) is 3.67. The van der Waals surface area contributed by atoms with Gasteiger partial charge in [-0.25, -0.2) is 4.79 Å². The van der Waals surface area contributed by atoms with Gasteiger partial charge in [0.15, 0.2) is 0 Å². The lowest BCUT2D eigenvalue weighted by atomic mass is 9.98. The number of aryl methyl sites for hydroxylation is 1. The minimum absolute atomic E-state index is 0.173. The van der Waals surface area contributed by atoms with E-state index in [9.17, 15) is 9.59 Å². The van der Waals surface area contributed by atoms with Crippen LogP contribution in [0.3, 0.4) is 0 Å². The van der Waals surface area contributed by atoms with Crippen LogP contribution in [0.4, 0.5) is 4.79 Å². The van der Waals surface area contributed by atoms with Crippen LogP contribution in [0.2, 0.25) is 0 Å². The predicted octanol–water partition coefficient (Wildman–Crippen LogP) is 1.13. The molecule has 0 atom stereocenters. The van der Waals surface area contributed by atoms with Gasteiger partial charge in [-0.2, -0.15) is 0 Å². The highest BCUT2D eigenvalue weighted by atomic mass is 16.8. The average Bonchev–Trinajstić information content (AvgIpc) is 2.45. The van der Waals surface area contributed by atoms with E-state index in [1.165, 1.54) is 0 Å². The van der Waals surface area contributed by atoms with Gasteiger partial charge in [0.2, 0.25) is 0 Å². The quantitative estimate of drug-likeness (QED) is 0.591. The molecule has 0 saturated carbocycles. The first-order valence-electron chi connectivity index (χ1n) is 6.55. The smallest absolute Gasteiger partial charge is 0.433 e. The van der Waals surface area contributed by atoms with Crippen molar-refractivity contribution in [3.8, 4) is 0 Å². The number of rotatable bonds is 2. The normalized spacial score (nSPS) is 12.8. The van der Waals surface area contributed by atoms with Crippen molar-refractivity contribution in [2.24, 2.45) is 0 Å². The Kier molecular flexibility index (Phi) is 5.98. The Bertz CT molecular complexity index is 484. The van der Waals surface area contributed by atoms with E-state index in [2.05, 4.69) is 19.9 Å². The van der Waals surface area contributed by atoms with Crippen molar-refractivity contribution in [2.75, 3.05) is 6.61 Å². The first kappa shape index (κ1) is 15.1. The highest BCUT2D eigenvalue weighted by Gasteiger charge is 2.18. The summed E-state index contributed by atoms with van der Waals surface area (Å²) < 4.78 is 4.56. The molecule has 0 amide bonds. The first-order chi connectivity index (χ1) is 9.22. The van der Waals surface area contributed by atoms with Gasteiger partial charge in [-0.3, -0.25) is 9.63 Å². The van der Waals surface area contributed by atoms with Crippen molar-refractivity contribution >= 4 is 6.16 Å². The lowest BCUT2D eigenvalue weighted by Crippen LogP contribution is -2.37. The van der Waals surface area contributed by atoms with E-state index >= 15 is 0 Å². The standard InChI is InChI=1S/C10H13N3O4.C2H6/c1-2-16-10(15)17-13-9(14)7-5-3-4-6-8(7)11-12-13;1-2/h2-6H2,1H3;1-2H3. The molecule has 0 aliphatic heterocycles. The van der Waals surface area contributed by atoms with Crippen LogP contribution in [-0.2, 0) is 17.6 Å².